The number of fused-ring (bicyclic) bond motifs is 1. The maximum absolute atomic E-state index is 12.3. The van der Waals surface area contributed by atoms with Crippen LogP contribution in [0.25, 0.3) is 0 Å². The first-order valence-corrected chi connectivity index (χ1v) is 12.0. The lowest BCUT2D eigenvalue weighted by molar-refractivity contribution is 0.241. The maximum atomic E-state index is 12.3. The summed E-state index contributed by atoms with van der Waals surface area (Å²) in [6, 6.07) is 13.3. The molecular formula is C23H28N2O5S. The van der Waals surface area contributed by atoms with Gasteiger partial charge in [-0.15, -0.1) is 0 Å². The van der Waals surface area contributed by atoms with Crippen molar-refractivity contribution in [2.75, 3.05) is 18.9 Å². The highest BCUT2D eigenvalue weighted by Crippen LogP contribution is 2.26. The monoisotopic (exact) mass is 444 g/mol. The Kier molecular flexibility index (Phi) is 7.55. The van der Waals surface area contributed by atoms with E-state index in [-0.39, 0.29) is 18.5 Å². The Morgan fingerprint density at radius 3 is 2.71 bits per heavy atom. The molecule has 1 heterocycles. The lowest BCUT2D eigenvalue weighted by Crippen LogP contribution is -2.33. The van der Waals surface area contributed by atoms with Crippen molar-refractivity contribution in [3.05, 3.63) is 58.7 Å². The molecule has 166 valence electrons. The summed E-state index contributed by atoms with van der Waals surface area (Å²) in [5.41, 5.74) is 3.36. The van der Waals surface area contributed by atoms with Gasteiger partial charge in [0.15, 0.2) is 0 Å². The SMILES string of the molecule is CC(C)Oc1ccc(COc2ccc3c(c2)CCCN(S(=O)(=O)CCO)C3)cc1C#N. The summed E-state index contributed by atoms with van der Waals surface area (Å²) >= 11 is 0. The fourth-order valence-electron chi connectivity index (χ4n) is 3.55. The van der Waals surface area contributed by atoms with Gasteiger partial charge in [0.1, 0.15) is 24.2 Å². The van der Waals surface area contributed by atoms with Crippen LogP contribution in [-0.4, -0.2) is 42.8 Å². The molecule has 0 saturated heterocycles. The second-order valence-electron chi connectivity index (χ2n) is 7.80. The number of benzene rings is 2. The van der Waals surface area contributed by atoms with Crippen LogP contribution < -0.4 is 9.47 Å². The minimum Gasteiger partial charge on any atom is -0.490 e. The van der Waals surface area contributed by atoms with E-state index in [1.54, 1.807) is 12.1 Å². The van der Waals surface area contributed by atoms with Crippen LogP contribution in [0.15, 0.2) is 36.4 Å². The number of sulfonamides is 1. The molecule has 2 aromatic rings. The van der Waals surface area contributed by atoms with Gasteiger partial charge in [-0.05, 0) is 67.6 Å². The fourth-order valence-corrected chi connectivity index (χ4v) is 4.79. The highest BCUT2D eigenvalue weighted by atomic mass is 32.2. The van der Waals surface area contributed by atoms with E-state index in [0.29, 0.717) is 43.2 Å². The van der Waals surface area contributed by atoms with Crippen LogP contribution in [0.4, 0.5) is 0 Å². The van der Waals surface area contributed by atoms with Gasteiger partial charge in [-0.3, -0.25) is 0 Å². The molecule has 0 atom stereocenters. The standard InChI is InChI=1S/C23H28N2O5S/c1-17(2)30-23-8-5-18(12-21(23)14-24)16-29-22-7-6-20-15-25(31(27,28)11-10-26)9-3-4-19(20)13-22/h5-8,12-13,17,26H,3-4,9-11,15-16H2,1-2H3. The highest BCUT2D eigenvalue weighted by molar-refractivity contribution is 7.89. The molecule has 31 heavy (non-hydrogen) atoms. The van der Waals surface area contributed by atoms with Gasteiger partial charge in [0, 0.05) is 13.1 Å². The van der Waals surface area contributed by atoms with Crippen LogP contribution in [0.3, 0.4) is 0 Å². The van der Waals surface area contributed by atoms with Gasteiger partial charge in [0.25, 0.3) is 0 Å². The maximum Gasteiger partial charge on any atom is 0.216 e. The van der Waals surface area contributed by atoms with E-state index in [0.717, 1.165) is 23.1 Å². The van der Waals surface area contributed by atoms with E-state index in [1.165, 1.54) is 4.31 Å². The number of hydrogen-bond donors (Lipinski definition) is 1. The molecule has 8 heteroatoms. The molecule has 1 aliphatic heterocycles. The Morgan fingerprint density at radius 2 is 2.00 bits per heavy atom. The lowest BCUT2D eigenvalue weighted by Gasteiger charge is -2.20. The molecule has 0 saturated carbocycles. The van der Waals surface area contributed by atoms with E-state index in [1.807, 2.05) is 38.1 Å². The average Bonchev–Trinajstić information content (AvgIpc) is 2.95. The van der Waals surface area contributed by atoms with Crippen molar-refractivity contribution in [3.63, 3.8) is 0 Å². The number of ether oxygens (including phenoxy) is 2. The summed E-state index contributed by atoms with van der Waals surface area (Å²) in [7, 11) is -3.46. The normalized spacial score (nSPS) is 14.5. The largest absolute Gasteiger partial charge is 0.490 e. The molecule has 3 rings (SSSR count). The van der Waals surface area contributed by atoms with E-state index < -0.39 is 10.0 Å². The van der Waals surface area contributed by atoms with E-state index >= 15 is 0 Å². The highest BCUT2D eigenvalue weighted by Gasteiger charge is 2.25. The summed E-state index contributed by atoms with van der Waals surface area (Å²) in [5.74, 6) is 1.01. The number of aryl methyl sites for hydroxylation is 1. The third-order valence-corrected chi connectivity index (χ3v) is 6.85. The van der Waals surface area contributed by atoms with Crippen LogP contribution in [0, 0.1) is 11.3 Å². The van der Waals surface area contributed by atoms with Gasteiger partial charge in [0.05, 0.1) is 24.0 Å². The quantitative estimate of drug-likeness (QED) is 0.672. The van der Waals surface area contributed by atoms with Crippen LogP contribution in [0.1, 0.15) is 42.5 Å². The predicted molar refractivity (Wildman–Crippen MR) is 117 cm³/mol. The molecule has 0 unspecified atom stereocenters. The zero-order valence-electron chi connectivity index (χ0n) is 17.9. The Hall–Kier alpha value is -2.60. The predicted octanol–water partition coefficient (Wildman–Crippen LogP) is 2.99. The van der Waals surface area contributed by atoms with Crippen molar-refractivity contribution >= 4 is 10.0 Å². The molecule has 0 fully saturated rings. The first-order chi connectivity index (χ1) is 14.8. The Balaban J connectivity index is 1.70. The summed E-state index contributed by atoms with van der Waals surface area (Å²) in [5, 5.41) is 18.4. The van der Waals surface area contributed by atoms with E-state index in [4.69, 9.17) is 14.6 Å². The molecular weight excluding hydrogens is 416 g/mol. The third-order valence-electron chi connectivity index (χ3n) is 5.05. The summed E-state index contributed by atoms with van der Waals surface area (Å²) in [6.07, 6.45) is 1.46. The second-order valence-corrected chi connectivity index (χ2v) is 9.89. The lowest BCUT2D eigenvalue weighted by atomic mass is 10.0. The van der Waals surface area contributed by atoms with Crippen LogP contribution in [0.2, 0.25) is 0 Å². The summed E-state index contributed by atoms with van der Waals surface area (Å²) in [4.78, 5) is 0. The Morgan fingerprint density at radius 1 is 1.19 bits per heavy atom. The Labute approximate surface area is 183 Å². The minimum absolute atomic E-state index is 0.0108. The van der Waals surface area contributed by atoms with Crippen LogP contribution >= 0.6 is 0 Å². The van der Waals surface area contributed by atoms with Gasteiger partial charge >= 0.3 is 0 Å². The van der Waals surface area contributed by atoms with Crippen LogP contribution in [-0.2, 0) is 29.6 Å². The molecule has 0 aromatic heterocycles. The van der Waals surface area contributed by atoms with Gasteiger partial charge in [-0.25, -0.2) is 8.42 Å². The third kappa shape index (κ3) is 5.97. The molecule has 1 aliphatic rings. The van der Waals surface area contributed by atoms with Crippen molar-refractivity contribution < 1.29 is 23.0 Å². The van der Waals surface area contributed by atoms with E-state index in [2.05, 4.69) is 6.07 Å². The minimum atomic E-state index is -3.46. The van der Waals surface area contributed by atoms with E-state index in [9.17, 15) is 13.7 Å². The number of nitriles is 1. The molecule has 0 bridgehead atoms. The number of rotatable bonds is 8. The zero-order valence-corrected chi connectivity index (χ0v) is 18.7. The molecule has 0 spiro atoms. The second kappa shape index (κ2) is 10.1. The fraction of sp³-hybridized carbons (Fsp3) is 0.435. The Bertz CT molecular complexity index is 1060. The summed E-state index contributed by atoms with van der Waals surface area (Å²) < 4.78 is 37.7. The number of hydrogen-bond acceptors (Lipinski definition) is 6. The average molecular weight is 445 g/mol. The first-order valence-electron chi connectivity index (χ1n) is 10.4. The van der Waals surface area contributed by atoms with Gasteiger partial charge in [-0.2, -0.15) is 9.57 Å². The molecule has 0 aliphatic carbocycles. The number of aliphatic hydroxyl groups excluding tert-OH is 1. The molecule has 0 radical (unpaired) electrons. The topological polar surface area (TPSA) is 99.9 Å². The number of nitrogens with zero attached hydrogens (tertiary/aromatic N) is 2. The van der Waals surface area contributed by atoms with Crippen LogP contribution in [0.5, 0.6) is 11.5 Å². The molecule has 0 amide bonds. The van der Waals surface area contributed by atoms with Crippen molar-refractivity contribution in [3.8, 4) is 17.6 Å². The smallest absolute Gasteiger partial charge is 0.216 e. The molecule has 1 N–H and O–H groups in total. The first kappa shape index (κ1) is 23.1. The van der Waals surface area contributed by atoms with Gasteiger partial charge in [0.2, 0.25) is 10.0 Å². The molecule has 2 aromatic carbocycles. The zero-order chi connectivity index (χ0) is 22.4. The number of aliphatic hydroxyl groups is 1. The van der Waals surface area contributed by atoms with Crippen molar-refractivity contribution in [2.24, 2.45) is 0 Å². The molecule has 7 nitrogen and oxygen atoms in total. The van der Waals surface area contributed by atoms with Crippen molar-refractivity contribution in [2.45, 2.75) is 45.9 Å². The summed E-state index contributed by atoms with van der Waals surface area (Å²) in [6.45, 7) is 4.51. The van der Waals surface area contributed by atoms with Crippen molar-refractivity contribution in [1.82, 2.24) is 4.31 Å². The van der Waals surface area contributed by atoms with Gasteiger partial charge in [-0.1, -0.05) is 12.1 Å². The van der Waals surface area contributed by atoms with Crippen molar-refractivity contribution in [1.29, 1.82) is 5.26 Å². The van der Waals surface area contributed by atoms with Gasteiger partial charge < -0.3 is 14.6 Å².